The van der Waals surface area contributed by atoms with Gasteiger partial charge in [-0.1, -0.05) is 32.9 Å². The quantitative estimate of drug-likeness (QED) is 0.870. The van der Waals surface area contributed by atoms with Gasteiger partial charge in [0.1, 0.15) is 0 Å². The summed E-state index contributed by atoms with van der Waals surface area (Å²) in [5, 5.41) is 2.94. The molecule has 1 amide bonds. The molecule has 0 fully saturated rings. The minimum atomic E-state index is -0.126. The van der Waals surface area contributed by atoms with Crippen molar-refractivity contribution in [2.24, 2.45) is 5.41 Å². The first-order valence-electron chi connectivity index (χ1n) is 6.98. The van der Waals surface area contributed by atoms with Crippen molar-refractivity contribution >= 4 is 5.91 Å². The fourth-order valence-corrected chi connectivity index (χ4v) is 1.49. The van der Waals surface area contributed by atoms with Crippen molar-refractivity contribution in [1.82, 2.24) is 5.32 Å². The van der Waals surface area contributed by atoms with Crippen molar-refractivity contribution in [3.8, 4) is 11.5 Å². The van der Waals surface area contributed by atoms with Crippen LogP contribution in [0.15, 0.2) is 24.3 Å². The molecule has 0 radical (unpaired) electrons. The second-order valence-corrected chi connectivity index (χ2v) is 5.82. The number of amides is 1. The molecule has 20 heavy (non-hydrogen) atoms. The lowest BCUT2D eigenvalue weighted by Gasteiger charge is -2.28. The van der Waals surface area contributed by atoms with Crippen molar-refractivity contribution in [2.75, 3.05) is 13.2 Å². The summed E-state index contributed by atoms with van der Waals surface area (Å²) < 4.78 is 11.0. The smallest absolute Gasteiger partial charge is 0.258 e. The van der Waals surface area contributed by atoms with Crippen LogP contribution in [-0.4, -0.2) is 25.2 Å². The maximum Gasteiger partial charge on any atom is 0.258 e. The molecule has 112 valence electrons. The van der Waals surface area contributed by atoms with Gasteiger partial charge >= 0.3 is 0 Å². The van der Waals surface area contributed by atoms with Gasteiger partial charge in [-0.05, 0) is 31.4 Å². The molecule has 1 aromatic rings. The summed E-state index contributed by atoms with van der Waals surface area (Å²) in [6.45, 7) is 10.7. The molecular formula is C16H25NO3. The van der Waals surface area contributed by atoms with E-state index in [9.17, 15) is 4.79 Å². The molecule has 0 saturated carbocycles. The van der Waals surface area contributed by atoms with E-state index in [0.717, 1.165) is 0 Å². The Balaban J connectivity index is 2.53. The van der Waals surface area contributed by atoms with Crippen LogP contribution in [0, 0.1) is 5.41 Å². The molecule has 1 atom stereocenters. The van der Waals surface area contributed by atoms with Crippen LogP contribution in [0.3, 0.4) is 0 Å². The summed E-state index contributed by atoms with van der Waals surface area (Å²) in [5.41, 5.74) is 0.0267. The zero-order valence-electron chi connectivity index (χ0n) is 13.0. The Hall–Kier alpha value is -1.71. The number of carbonyl (C=O) groups excluding carboxylic acids is 1. The number of rotatable bonds is 6. The van der Waals surface area contributed by atoms with Crippen LogP contribution >= 0.6 is 0 Å². The van der Waals surface area contributed by atoms with Crippen LogP contribution in [0.4, 0.5) is 0 Å². The van der Waals surface area contributed by atoms with Crippen LogP contribution < -0.4 is 14.8 Å². The van der Waals surface area contributed by atoms with Crippen molar-refractivity contribution in [2.45, 2.75) is 40.7 Å². The SMILES string of the molecule is CCOc1ccccc1OCC(=O)NC(C)C(C)(C)C. The highest BCUT2D eigenvalue weighted by atomic mass is 16.5. The number of hydrogen-bond acceptors (Lipinski definition) is 3. The number of ether oxygens (including phenoxy) is 2. The molecule has 1 aromatic carbocycles. The summed E-state index contributed by atoms with van der Waals surface area (Å²) in [5.74, 6) is 1.12. The van der Waals surface area contributed by atoms with Crippen LogP contribution in [0.5, 0.6) is 11.5 Å². The van der Waals surface area contributed by atoms with Gasteiger partial charge in [0, 0.05) is 6.04 Å². The summed E-state index contributed by atoms with van der Waals surface area (Å²) in [4.78, 5) is 11.9. The van der Waals surface area contributed by atoms with Crippen molar-refractivity contribution in [3.63, 3.8) is 0 Å². The van der Waals surface area contributed by atoms with Crippen molar-refractivity contribution in [3.05, 3.63) is 24.3 Å². The Morgan fingerprint density at radius 2 is 1.75 bits per heavy atom. The second-order valence-electron chi connectivity index (χ2n) is 5.82. The molecule has 0 heterocycles. The van der Waals surface area contributed by atoms with E-state index in [2.05, 4.69) is 26.1 Å². The zero-order valence-corrected chi connectivity index (χ0v) is 13.0. The van der Waals surface area contributed by atoms with E-state index in [4.69, 9.17) is 9.47 Å². The second kappa shape index (κ2) is 7.17. The van der Waals surface area contributed by atoms with Gasteiger partial charge in [0.15, 0.2) is 18.1 Å². The van der Waals surface area contributed by atoms with E-state index in [-0.39, 0.29) is 24.0 Å². The Morgan fingerprint density at radius 1 is 1.20 bits per heavy atom. The van der Waals surface area contributed by atoms with E-state index in [1.165, 1.54) is 0 Å². The fraction of sp³-hybridized carbons (Fsp3) is 0.562. The van der Waals surface area contributed by atoms with Crippen molar-refractivity contribution in [1.29, 1.82) is 0 Å². The number of hydrogen-bond donors (Lipinski definition) is 1. The first-order chi connectivity index (χ1) is 9.34. The molecule has 1 N–H and O–H groups in total. The topological polar surface area (TPSA) is 47.6 Å². The Bertz CT molecular complexity index is 438. The monoisotopic (exact) mass is 279 g/mol. The molecule has 1 rings (SSSR count). The van der Waals surface area contributed by atoms with E-state index in [1.54, 1.807) is 6.07 Å². The standard InChI is InChI=1S/C16H25NO3/c1-6-19-13-9-7-8-10-14(13)20-11-15(18)17-12(2)16(3,4)5/h7-10,12H,6,11H2,1-5H3,(H,17,18). The van der Waals surface area contributed by atoms with Gasteiger partial charge in [-0.2, -0.15) is 0 Å². The Kier molecular flexibility index (Phi) is 5.86. The maximum absolute atomic E-state index is 11.9. The fourth-order valence-electron chi connectivity index (χ4n) is 1.49. The first kappa shape index (κ1) is 16.3. The molecule has 4 nitrogen and oxygen atoms in total. The minimum absolute atomic E-state index is 0.00942. The summed E-state index contributed by atoms with van der Waals surface area (Å²) in [6.07, 6.45) is 0. The van der Waals surface area contributed by atoms with Crippen molar-refractivity contribution < 1.29 is 14.3 Å². The predicted octanol–water partition coefficient (Wildman–Crippen LogP) is 3.01. The Labute approximate surface area is 121 Å². The minimum Gasteiger partial charge on any atom is -0.490 e. The van der Waals surface area contributed by atoms with E-state index in [0.29, 0.717) is 18.1 Å². The zero-order chi connectivity index (χ0) is 15.2. The van der Waals surface area contributed by atoms with E-state index < -0.39 is 0 Å². The lowest BCUT2D eigenvalue weighted by atomic mass is 9.88. The average Bonchev–Trinajstić information content (AvgIpc) is 2.37. The maximum atomic E-state index is 11.9. The summed E-state index contributed by atoms with van der Waals surface area (Å²) >= 11 is 0. The highest BCUT2D eigenvalue weighted by Gasteiger charge is 2.21. The normalized spacial score (nSPS) is 12.7. The molecule has 1 unspecified atom stereocenters. The van der Waals surface area contributed by atoms with Crippen LogP contribution in [-0.2, 0) is 4.79 Å². The molecule has 0 aliphatic rings. The van der Waals surface area contributed by atoms with Gasteiger partial charge in [0.05, 0.1) is 6.61 Å². The third-order valence-corrected chi connectivity index (χ3v) is 3.18. The third kappa shape index (κ3) is 5.11. The van der Waals surface area contributed by atoms with Gasteiger partial charge in [-0.15, -0.1) is 0 Å². The third-order valence-electron chi connectivity index (χ3n) is 3.18. The molecular weight excluding hydrogens is 254 g/mol. The van der Waals surface area contributed by atoms with E-state index >= 15 is 0 Å². The lowest BCUT2D eigenvalue weighted by Crippen LogP contribution is -2.43. The highest BCUT2D eigenvalue weighted by Crippen LogP contribution is 2.26. The first-order valence-corrected chi connectivity index (χ1v) is 6.98. The summed E-state index contributed by atoms with van der Waals surface area (Å²) in [6, 6.07) is 7.44. The molecule has 0 saturated heterocycles. The lowest BCUT2D eigenvalue weighted by molar-refractivity contribution is -0.124. The molecule has 4 heteroatoms. The van der Waals surface area contributed by atoms with Gasteiger partial charge in [-0.3, -0.25) is 4.79 Å². The largest absolute Gasteiger partial charge is 0.490 e. The Morgan fingerprint density at radius 3 is 2.25 bits per heavy atom. The van der Waals surface area contributed by atoms with Gasteiger partial charge < -0.3 is 14.8 Å². The average molecular weight is 279 g/mol. The van der Waals surface area contributed by atoms with Gasteiger partial charge in [-0.25, -0.2) is 0 Å². The molecule has 0 aliphatic heterocycles. The predicted molar refractivity (Wildman–Crippen MR) is 80.2 cm³/mol. The molecule has 0 spiro atoms. The van der Waals surface area contributed by atoms with Gasteiger partial charge in [0.2, 0.25) is 0 Å². The van der Waals surface area contributed by atoms with Crippen LogP contribution in [0.25, 0.3) is 0 Å². The van der Waals surface area contributed by atoms with E-state index in [1.807, 2.05) is 32.0 Å². The number of benzene rings is 1. The molecule has 0 aliphatic carbocycles. The number of nitrogens with one attached hydrogen (secondary N) is 1. The molecule has 0 bridgehead atoms. The van der Waals surface area contributed by atoms with Gasteiger partial charge in [0.25, 0.3) is 5.91 Å². The number of para-hydroxylation sites is 2. The van der Waals surface area contributed by atoms with Crippen LogP contribution in [0.1, 0.15) is 34.6 Å². The molecule has 0 aromatic heterocycles. The number of carbonyl (C=O) groups is 1. The van der Waals surface area contributed by atoms with Crippen LogP contribution in [0.2, 0.25) is 0 Å². The summed E-state index contributed by atoms with van der Waals surface area (Å²) in [7, 11) is 0. The highest BCUT2D eigenvalue weighted by molar-refractivity contribution is 5.78.